The average Bonchev–Trinajstić information content (AvgIpc) is 2.83. The van der Waals surface area contributed by atoms with Gasteiger partial charge in [-0.15, -0.1) is 0 Å². The van der Waals surface area contributed by atoms with Crippen molar-refractivity contribution in [3.8, 4) is 0 Å². The Kier molecular flexibility index (Phi) is 3.96. The second-order valence-electron chi connectivity index (χ2n) is 6.41. The predicted molar refractivity (Wildman–Crippen MR) is 85.3 cm³/mol. The summed E-state index contributed by atoms with van der Waals surface area (Å²) < 4.78 is 13.9. The molecule has 5 heteroatoms. The highest BCUT2D eigenvalue weighted by Crippen LogP contribution is 2.35. The number of nitrogens with zero attached hydrogens (tertiary/aromatic N) is 1. The fourth-order valence-electron chi connectivity index (χ4n) is 3.39. The van der Waals surface area contributed by atoms with Gasteiger partial charge in [-0.05, 0) is 48.4 Å². The number of carbonyl (C=O) groups is 2. The van der Waals surface area contributed by atoms with Gasteiger partial charge in [-0.1, -0.05) is 20.4 Å². The smallest absolute Gasteiger partial charge is 0.255 e. The lowest BCUT2D eigenvalue weighted by atomic mass is 9.91. The molecule has 0 spiro atoms. The molecule has 23 heavy (non-hydrogen) atoms. The number of hydrogen-bond acceptors (Lipinski definition) is 2. The monoisotopic (exact) mass is 316 g/mol. The van der Waals surface area contributed by atoms with Crippen molar-refractivity contribution in [1.82, 2.24) is 10.2 Å². The van der Waals surface area contributed by atoms with Crippen molar-refractivity contribution in [3.05, 3.63) is 46.9 Å². The lowest BCUT2D eigenvalue weighted by Gasteiger charge is -2.31. The van der Waals surface area contributed by atoms with Crippen LogP contribution in [0.3, 0.4) is 0 Å². The molecule has 122 valence electrons. The molecule has 1 saturated heterocycles. The first-order valence-corrected chi connectivity index (χ1v) is 8.04. The Morgan fingerprint density at radius 3 is 2.83 bits per heavy atom. The molecule has 4 nitrogen and oxygen atoms in total. The molecule has 2 unspecified atom stereocenters. The number of allylic oxidation sites excluding steroid dienone is 1. The van der Waals surface area contributed by atoms with E-state index in [-0.39, 0.29) is 17.7 Å². The molecule has 2 aliphatic heterocycles. The summed E-state index contributed by atoms with van der Waals surface area (Å²) in [5.74, 6) is -0.674. The van der Waals surface area contributed by atoms with Crippen LogP contribution < -0.4 is 5.32 Å². The quantitative estimate of drug-likeness (QED) is 0.931. The zero-order chi connectivity index (χ0) is 16.7. The first-order chi connectivity index (χ1) is 10.9. The standard InChI is InChI=1S/C18H21FN2O2/c1-4-10(2)13-7-12(19)8-14-15(13)9-21(18(14)23)16-6-5-11(3)20-17(16)22/h7-8,10,16H,3-6,9H2,1-2H3,(H,20,22). The van der Waals surface area contributed by atoms with E-state index in [2.05, 4.69) is 11.9 Å². The largest absolute Gasteiger partial charge is 0.329 e. The van der Waals surface area contributed by atoms with Crippen molar-refractivity contribution in [3.63, 3.8) is 0 Å². The van der Waals surface area contributed by atoms with Gasteiger partial charge in [0.05, 0.1) is 0 Å². The second-order valence-corrected chi connectivity index (χ2v) is 6.41. The van der Waals surface area contributed by atoms with Crippen LogP contribution >= 0.6 is 0 Å². The van der Waals surface area contributed by atoms with Crippen molar-refractivity contribution in [2.45, 2.75) is 51.6 Å². The van der Waals surface area contributed by atoms with Gasteiger partial charge in [0.25, 0.3) is 5.91 Å². The number of fused-ring (bicyclic) bond motifs is 1. The molecule has 0 aliphatic carbocycles. The Labute approximate surface area is 135 Å². The molecule has 3 rings (SSSR count). The van der Waals surface area contributed by atoms with Crippen LogP contribution in [0.15, 0.2) is 24.4 Å². The van der Waals surface area contributed by atoms with Crippen LogP contribution in [-0.2, 0) is 11.3 Å². The van der Waals surface area contributed by atoms with Crippen LogP contribution in [0.2, 0.25) is 0 Å². The van der Waals surface area contributed by atoms with E-state index < -0.39 is 11.9 Å². The van der Waals surface area contributed by atoms with Gasteiger partial charge in [0.1, 0.15) is 11.9 Å². The minimum absolute atomic E-state index is 0.173. The molecule has 1 N–H and O–H groups in total. The Balaban J connectivity index is 1.96. The topological polar surface area (TPSA) is 49.4 Å². The molecule has 2 amide bonds. The SMILES string of the molecule is C=C1CCC(N2Cc3c(cc(F)cc3C(C)CC)C2=O)C(=O)N1. The third-order valence-corrected chi connectivity index (χ3v) is 4.91. The summed E-state index contributed by atoms with van der Waals surface area (Å²) in [7, 11) is 0. The maximum absolute atomic E-state index is 13.9. The van der Waals surface area contributed by atoms with Crippen molar-refractivity contribution < 1.29 is 14.0 Å². The van der Waals surface area contributed by atoms with Crippen molar-refractivity contribution in [1.29, 1.82) is 0 Å². The fourth-order valence-corrected chi connectivity index (χ4v) is 3.39. The fraction of sp³-hybridized carbons (Fsp3) is 0.444. The third kappa shape index (κ3) is 2.64. The van der Waals surface area contributed by atoms with Crippen LogP contribution in [0.1, 0.15) is 60.5 Å². The molecule has 0 bridgehead atoms. The van der Waals surface area contributed by atoms with E-state index in [4.69, 9.17) is 0 Å². The van der Waals surface area contributed by atoms with E-state index in [9.17, 15) is 14.0 Å². The molecule has 2 atom stereocenters. The Morgan fingerprint density at radius 2 is 2.17 bits per heavy atom. The van der Waals surface area contributed by atoms with E-state index >= 15 is 0 Å². The van der Waals surface area contributed by atoms with Crippen LogP contribution in [0.5, 0.6) is 0 Å². The summed E-state index contributed by atoms with van der Waals surface area (Å²) in [6.45, 7) is 8.20. The predicted octanol–water partition coefficient (Wildman–Crippen LogP) is 3.09. The number of halogens is 1. The van der Waals surface area contributed by atoms with Gasteiger partial charge in [0.15, 0.2) is 0 Å². The summed E-state index contributed by atoms with van der Waals surface area (Å²) in [6.07, 6.45) is 2.09. The molecular formula is C18H21FN2O2. The Morgan fingerprint density at radius 1 is 1.43 bits per heavy atom. The highest BCUT2D eigenvalue weighted by molar-refractivity contribution is 6.01. The molecule has 2 heterocycles. The van der Waals surface area contributed by atoms with Crippen LogP contribution in [0, 0.1) is 5.82 Å². The highest BCUT2D eigenvalue weighted by atomic mass is 19.1. The molecule has 0 radical (unpaired) electrons. The first-order valence-electron chi connectivity index (χ1n) is 8.04. The minimum atomic E-state index is -0.506. The summed E-state index contributed by atoms with van der Waals surface area (Å²) in [6, 6.07) is 2.31. The van der Waals surface area contributed by atoms with Gasteiger partial charge in [-0.2, -0.15) is 0 Å². The summed E-state index contributed by atoms with van der Waals surface area (Å²) in [4.78, 5) is 26.5. The normalized spacial score (nSPS) is 22.1. The third-order valence-electron chi connectivity index (χ3n) is 4.91. The second kappa shape index (κ2) is 5.80. The van der Waals surface area contributed by atoms with Gasteiger partial charge in [-0.25, -0.2) is 4.39 Å². The number of piperidine rings is 1. The van der Waals surface area contributed by atoms with E-state index in [0.717, 1.165) is 17.5 Å². The Hall–Kier alpha value is -2.17. The van der Waals surface area contributed by atoms with E-state index in [1.165, 1.54) is 12.1 Å². The summed E-state index contributed by atoms with van der Waals surface area (Å²) in [5.41, 5.74) is 2.82. The summed E-state index contributed by atoms with van der Waals surface area (Å²) >= 11 is 0. The minimum Gasteiger partial charge on any atom is -0.329 e. The number of benzene rings is 1. The molecular weight excluding hydrogens is 295 g/mol. The van der Waals surface area contributed by atoms with Gasteiger partial charge in [0, 0.05) is 17.8 Å². The zero-order valence-electron chi connectivity index (χ0n) is 13.5. The summed E-state index contributed by atoms with van der Waals surface area (Å²) in [5, 5.41) is 2.71. The molecule has 1 aromatic rings. The molecule has 0 saturated carbocycles. The number of carbonyl (C=O) groups excluding carboxylic acids is 2. The van der Waals surface area contributed by atoms with E-state index in [1.807, 2.05) is 13.8 Å². The highest BCUT2D eigenvalue weighted by Gasteiger charge is 2.39. The van der Waals surface area contributed by atoms with E-state index in [1.54, 1.807) is 4.90 Å². The van der Waals surface area contributed by atoms with Gasteiger partial charge >= 0.3 is 0 Å². The number of hydrogen-bond donors (Lipinski definition) is 1. The van der Waals surface area contributed by atoms with Gasteiger partial charge in [-0.3, -0.25) is 9.59 Å². The molecule has 1 fully saturated rings. The van der Waals surface area contributed by atoms with Crippen molar-refractivity contribution in [2.24, 2.45) is 0 Å². The van der Waals surface area contributed by atoms with Gasteiger partial charge in [0.2, 0.25) is 5.91 Å². The maximum Gasteiger partial charge on any atom is 0.255 e. The molecule has 0 aromatic heterocycles. The lowest BCUT2D eigenvalue weighted by Crippen LogP contribution is -2.49. The van der Waals surface area contributed by atoms with Crippen LogP contribution in [0.4, 0.5) is 4.39 Å². The number of amides is 2. The zero-order valence-corrected chi connectivity index (χ0v) is 13.5. The Bertz CT molecular complexity index is 699. The first kappa shape index (κ1) is 15.7. The van der Waals surface area contributed by atoms with Crippen LogP contribution in [0.25, 0.3) is 0 Å². The van der Waals surface area contributed by atoms with Crippen molar-refractivity contribution >= 4 is 11.8 Å². The lowest BCUT2D eigenvalue weighted by molar-refractivity contribution is -0.126. The van der Waals surface area contributed by atoms with E-state index in [0.29, 0.717) is 30.6 Å². The average molecular weight is 316 g/mol. The van der Waals surface area contributed by atoms with Crippen LogP contribution in [-0.4, -0.2) is 22.8 Å². The maximum atomic E-state index is 13.9. The number of rotatable bonds is 3. The van der Waals surface area contributed by atoms with Crippen molar-refractivity contribution in [2.75, 3.05) is 0 Å². The molecule has 1 aromatic carbocycles. The number of nitrogens with one attached hydrogen (secondary N) is 1. The van der Waals surface area contributed by atoms with Gasteiger partial charge < -0.3 is 10.2 Å². The molecule has 2 aliphatic rings.